The highest BCUT2D eigenvalue weighted by molar-refractivity contribution is 6.31. The first-order valence-corrected chi connectivity index (χ1v) is 12.9. The molecule has 1 saturated carbocycles. The van der Waals surface area contributed by atoms with Crippen LogP contribution in [0.1, 0.15) is 63.4 Å². The summed E-state index contributed by atoms with van der Waals surface area (Å²) in [7, 11) is 0. The average Bonchev–Trinajstić information content (AvgIpc) is 2.85. The van der Waals surface area contributed by atoms with Gasteiger partial charge in [-0.25, -0.2) is 0 Å². The molecule has 3 fully saturated rings. The number of benzene rings is 1. The molecule has 0 bridgehead atoms. The Morgan fingerprint density at radius 1 is 1.06 bits per heavy atom. The predicted molar refractivity (Wildman–Crippen MR) is 129 cm³/mol. The van der Waals surface area contributed by atoms with Crippen molar-refractivity contribution in [2.24, 2.45) is 5.92 Å². The zero-order valence-electron chi connectivity index (χ0n) is 19.8. The van der Waals surface area contributed by atoms with Gasteiger partial charge in [0.2, 0.25) is 11.8 Å². The van der Waals surface area contributed by atoms with Crippen LogP contribution in [0.3, 0.4) is 0 Å². The highest BCUT2D eigenvalue weighted by atomic mass is 35.5. The molecule has 2 saturated heterocycles. The second-order valence-electron chi connectivity index (χ2n) is 9.94. The Balaban J connectivity index is 1.49. The maximum absolute atomic E-state index is 13.3. The molecule has 0 aromatic heterocycles. The number of amides is 2. The lowest BCUT2D eigenvalue weighted by molar-refractivity contribution is -0.169. The minimum absolute atomic E-state index is 0.0950. The van der Waals surface area contributed by atoms with Gasteiger partial charge in [0.1, 0.15) is 18.0 Å². The minimum atomic E-state index is -0.843. The van der Waals surface area contributed by atoms with Crippen LogP contribution in [0.5, 0.6) is 5.75 Å². The van der Waals surface area contributed by atoms with Crippen LogP contribution in [0.4, 0.5) is 0 Å². The van der Waals surface area contributed by atoms with Crippen LogP contribution in [-0.2, 0) is 14.3 Å². The van der Waals surface area contributed by atoms with E-state index in [0.717, 1.165) is 57.2 Å². The van der Waals surface area contributed by atoms with Gasteiger partial charge < -0.3 is 19.3 Å². The Morgan fingerprint density at radius 2 is 1.79 bits per heavy atom. The molecule has 1 aromatic carbocycles. The number of morpholine rings is 1. The normalized spacial score (nSPS) is 24.5. The van der Waals surface area contributed by atoms with Crippen molar-refractivity contribution in [3.05, 3.63) is 28.8 Å². The van der Waals surface area contributed by atoms with E-state index in [1.165, 1.54) is 12.8 Å². The number of aryl methyl sites for hydroxylation is 1. The predicted octanol–water partition coefficient (Wildman–Crippen LogP) is 4.61. The van der Waals surface area contributed by atoms with E-state index in [0.29, 0.717) is 30.5 Å². The lowest BCUT2D eigenvalue weighted by atomic mass is 9.87. The van der Waals surface area contributed by atoms with Crippen molar-refractivity contribution in [1.82, 2.24) is 9.80 Å². The van der Waals surface area contributed by atoms with Crippen LogP contribution in [0, 0.1) is 12.8 Å². The van der Waals surface area contributed by atoms with Crippen LogP contribution in [0.25, 0.3) is 0 Å². The van der Waals surface area contributed by atoms with Crippen LogP contribution < -0.4 is 4.74 Å². The third-order valence-electron chi connectivity index (χ3n) is 7.33. The molecule has 4 rings (SSSR count). The summed E-state index contributed by atoms with van der Waals surface area (Å²) >= 11 is 6.16. The zero-order chi connectivity index (χ0) is 23.3. The smallest absolute Gasteiger partial charge is 0.225 e. The van der Waals surface area contributed by atoms with Crippen molar-refractivity contribution in [3.8, 4) is 5.75 Å². The number of hydrogen-bond acceptors (Lipinski definition) is 4. The van der Waals surface area contributed by atoms with E-state index in [1.54, 1.807) is 0 Å². The minimum Gasteiger partial charge on any atom is -0.490 e. The number of piperidine rings is 1. The summed E-state index contributed by atoms with van der Waals surface area (Å²) in [6.07, 6.45) is 8.90. The molecule has 182 valence electrons. The number of nitrogens with zero attached hydrogens (tertiary/aromatic N) is 2. The van der Waals surface area contributed by atoms with Crippen LogP contribution in [0.15, 0.2) is 18.2 Å². The van der Waals surface area contributed by atoms with Crippen molar-refractivity contribution in [3.63, 3.8) is 0 Å². The second-order valence-corrected chi connectivity index (χ2v) is 10.4. The Morgan fingerprint density at radius 3 is 2.52 bits per heavy atom. The fourth-order valence-electron chi connectivity index (χ4n) is 5.34. The lowest BCUT2D eigenvalue weighted by Crippen LogP contribution is -2.59. The molecular weight excluding hydrogens is 440 g/mol. The molecule has 0 radical (unpaired) electrons. The Hall–Kier alpha value is -1.79. The molecule has 0 spiro atoms. The molecule has 1 aromatic rings. The summed E-state index contributed by atoms with van der Waals surface area (Å²) < 4.78 is 12.4. The van der Waals surface area contributed by atoms with E-state index in [4.69, 9.17) is 21.1 Å². The number of likely N-dealkylation sites (tertiary alicyclic amines) is 1. The van der Waals surface area contributed by atoms with Gasteiger partial charge in [-0.05, 0) is 62.8 Å². The highest BCUT2D eigenvalue weighted by Crippen LogP contribution is 2.31. The number of ether oxygens (including phenoxy) is 2. The van der Waals surface area contributed by atoms with E-state index >= 15 is 0 Å². The lowest BCUT2D eigenvalue weighted by Gasteiger charge is -2.44. The van der Waals surface area contributed by atoms with Gasteiger partial charge in [0.15, 0.2) is 0 Å². The van der Waals surface area contributed by atoms with Crippen LogP contribution in [-0.4, -0.2) is 66.6 Å². The fourth-order valence-corrected chi connectivity index (χ4v) is 5.46. The largest absolute Gasteiger partial charge is 0.490 e. The quantitative estimate of drug-likeness (QED) is 0.601. The van der Waals surface area contributed by atoms with E-state index in [-0.39, 0.29) is 30.8 Å². The first-order valence-electron chi connectivity index (χ1n) is 12.6. The molecule has 33 heavy (non-hydrogen) atoms. The fraction of sp³-hybridized carbons (Fsp3) is 0.692. The SMILES string of the molecule is Cc1cc(OCC2(CC(=O)N3CCCCC3)CN(C(=O)C3CCCCC3)CCO2)ccc1Cl. The van der Waals surface area contributed by atoms with Crippen molar-refractivity contribution < 1.29 is 19.1 Å². The molecule has 3 aliphatic rings. The molecule has 7 heteroatoms. The molecule has 1 atom stereocenters. The number of rotatable bonds is 6. The van der Waals surface area contributed by atoms with Gasteiger partial charge in [-0.15, -0.1) is 0 Å². The van der Waals surface area contributed by atoms with Crippen molar-refractivity contribution >= 4 is 23.4 Å². The van der Waals surface area contributed by atoms with Crippen LogP contribution in [0.2, 0.25) is 5.02 Å². The van der Waals surface area contributed by atoms with Gasteiger partial charge in [-0.1, -0.05) is 30.9 Å². The van der Waals surface area contributed by atoms with Crippen molar-refractivity contribution in [2.75, 3.05) is 39.4 Å². The molecule has 1 aliphatic carbocycles. The van der Waals surface area contributed by atoms with Gasteiger partial charge in [-0.3, -0.25) is 9.59 Å². The van der Waals surface area contributed by atoms with Gasteiger partial charge in [0.05, 0.1) is 19.6 Å². The maximum atomic E-state index is 13.3. The number of hydrogen-bond donors (Lipinski definition) is 0. The van der Waals surface area contributed by atoms with E-state index in [9.17, 15) is 9.59 Å². The third kappa shape index (κ3) is 6.21. The summed E-state index contributed by atoms with van der Waals surface area (Å²) in [5.74, 6) is 1.11. The monoisotopic (exact) mass is 476 g/mol. The molecule has 0 N–H and O–H groups in total. The summed E-state index contributed by atoms with van der Waals surface area (Å²) in [6, 6.07) is 5.55. The molecule has 2 heterocycles. The zero-order valence-corrected chi connectivity index (χ0v) is 20.6. The Bertz CT molecular complexity index is 836. The first kappa shape index (κ1) is 24.3. The summed E-state index contributed by atoms with van der Waals surface area (Å²) in [6.45, 7) is 5.17. The average molecular weight is 477 g/mol. The third-order valence-corrected chi connectivity index (χ3v) is 7.75. The number of halogens is 1. The summed E-state index contributed by atoms with van der Waals surface area (Å²) in [4.78, 5) is 30.4. The Labute approximate surface area is 202 Å². The molecule has 2 amide bonds. The van der Waals surface area contributed by atoms with E-state index in [1.807, 2.05) is 34.9 Å². The van der Waals surface area contributed by atoms with Gasteiger partial charge in [0, 0.05) is 30.6 Å². The van der Waals surface area contributed by atoms with Gasteiger partial charge >= 0.3 is 0 Å². The van der Waals surface area contributed by atoms with E-state index < -0.39 is 5.60 Å². The van der Waals surface area contributed by atoms with Gasteiger partial charge in [0.25, 0.3) is 0 Å². The van der Waals surface area contributed by atoms with Crippen LogP contribution >= 0.6 is 11.6 Å². The molecule has 2 aliphatic heterocycles. The second kappa shape index (κ2) is 11.1. The topological polar surface area (TPSA) is 59.1 Å². The van der Waals surface area contributed by atoms with Crippen molar-refractivity contribution in [2.45, 2.75) is 70.3 Å². The van der Waals surface area contributed by atoms with Crippen molar-refractivity contribution in [1.29, 1.82) is 0 Å². The standard InChI is InChI=1S/C26H37ClN2O4/c1-20-16-22(10-11-23(20)27)32-19-26(17-24(30)28-12-6-3-7-13-28)18-29(14-15-33-26)25(31)21-8-4-2-5-9-21/h10-11,16,21H,2-9,12-15,17-19H2,1H3. The number of carbonyl (C=O) groups is 2. The Kier molecular flexibility index (Phi) is 8.18. The summed E-state index contributed by atoms with van der Waals surface area (Å²) in [5.41, 5.74) is 0.0938. The molecule has 6 nitrogen and oxygen atoms in total. The summed E-state index contributed by atoms with van der Waals surface area (Å²) in [5, 5.41) is 0.690. The number of carbonyl (C=O) groups excluding carboxylic acids is 2. The highest BCUT2D eigenvalue weighted by Gasteiger charge is 2.43. The first-order chi connectivity index (χ1) is 16.0. The maximum Gasteiger partial charge on any atom is 0.225 e. The van der Waals surface area contributed by atoms with E-state index in [2.05, 4.69) is 0 Å². The molecular formula is C26H37ClN2O4. The van der Waals surface area contributed by atoms with Gasteiger partial charge in [-0.2, -0.15) is 0 Å². The molecule has 1 unspecified atom stereocenters.